The van der Waals surface area contributed by atoms with Gasteiger partial charge in [0.25, 0.3) is 11.8 Å². The maximum atomic E-state index is 13.1. The van der Waals surface area contributed by atoms with Gasteiger partial charge in [0.1, 0.15) is 0 Å². The summed E-state index contributed by atoms with van der Waals surface area (Å²) >= 11 is 3.36. The maximum Gasteiger partial charge on any atom is 0.256 e. The van der Waals surface area contributed by atoms with E-state index in [4.69, 9.17) is 0 Å². The highest BCUT2D eigenvalue weighted by Crippen LogP contribution is 2.33. The van der Waals surface area contributed by atoms with Crippen molar-refractivity contribution in [1.29, 1.82) is 0 Å². The largest absolute Gasteiger partial charge is 0.336 e. The third-order valence-electron chi connectivity index (χ3n) is 5.16. The molecular formula is C23H26N4O2S2. The maximum absolute atomic E-state index is 13.1. The van der Waals surface area contributed by atoms with Crippen molar-refractivity contribution in [2.75, 3.05) is 38.5 Å². The number of fused-ring (bicyclic) bond motifs is 1. The lowest BCUT2D eigenvalue weighted by Crippen LogP contribution is -2.47. The SMILES string of the molecule is CC(C)Sc1nc2ccc(NC(=O)c3ccccc3C(=O)N3CCN(C)CC3)cc2s1. The molecule has 162 valence electrons. The number of hydrogen-bond donors (Lipinski definition) is 1. The highest BCUT2D eigenvalue weighted by Gasteiger charge is 2.24. The number of piperazine rings is 1. The summed E-state index contributed by atoms with van der Waals surface area (Å²) in [5.41, 5.74) is 2.46. The number of hydrogen-bond acceptors (Lipinski definition) is 6. The number of nitrogens with zero attached hydrogens (tertiary/aromatic N) is 3. The molecule has 0 aliphatic carbocycles. The van der Waals surface area contributed by atoms with Crippen LogP contribution in [0.15, 0.2) is 46.8 Å². The lowest BCUT2D eigenvalue weighted by Gasteiger charge is -2.32. The van der Waals surface area contributed by atoms with Crippen LogP contribution in [0.3, 0.4) is 0 Å². The van der Waals surface area contributed by atoms with Gasteiger partial charge in [-0.2, -0.15) is 0 Å². The molecule has 0 bridgehead atoms. The highest BCUT2D eigenvalue weighted by molar-refractivity contribution is 8.01. The Bertz CT molecular complexity index is 1100. The van der Waals surface area contributed by atoms with E-state index < -0.39 is 0 Å². The molecule has 0 saturated carbocycles. The topological polar surface area (TPSA) is 65.5 Å². The number of likely N-dealkylation sites (N-methyl/N-ethyl adjacent to an activating group) is 1. The lowest BCUT2D eigenvalue weighted by atomic mass is 10.0. The predicted molar refractivity (Wildman–Crippen MR) is 128 cm³/mol. The highest BCUT2D eigenvalue weighted by atomic mass is 32.2. The summed E-state index contributed by atoms with van der Waals surface area (Å²) in [6.45, 7) is 7.30. The van der Waals surface area contributed by atoms with Gasteiger partial charge in [-0.15, -0.1) is 11.3 Å². The summed E-state index contributed by atoms with van der Waals surface area (Å²) in [6.07, 6.45) is 0. The molecule has 1 aromatic heterocycles. The van der Waals surface area contributed by atoms with Crippen molar-refractivity contribution in [3.8, 4) is 0 Å². The Balaban J connectivity index is 1.53. The van der Waals surface area contributed by atoms with Gasteiger partial charge in [0, 0.05) is 37.1 Å². The first-order valence-electron chi connectivity index (χ1n) is 10.4. The first-order valence-corrected chi connectivity index (χ1v) is 12.1. The zero-order valence-electron chi connectivity index (χ0n) is 17.9. The summed E-state index contributed by atoms with van der Waals surface area (Å²) in [7, 11) is 2.05. The number of carbonyl (C=O) groups excluding carboxylic acids is 2. The molecule has 1 saturated heterocycles. The van der Waals surface area contributed by atoms with Gasteiger partial charge in [-0.1, -0.05) is 37.7 Å². The zero-order valence-corrected chi connectivity index (χ0v) is 19.6. The van der Waals surface area contributed by atoms with Crippen LogP contribution in [0, 0.1) is 0 Å². The second-order valence-corrected chi connectivity index (χ2v) is 10.8. The van der Waals surface area contributed by atoms with E-state index in [1.54, 1.807) is 47.4 Å². The molecule has 2 aromatic carbocycles. The predicted octanol–water partition coefficient (Wildman–Crippen LogP) is 4.44. The monoisotopic (exact) mass is 454 g/mol. The number of aromatic nitrogens is 1. The van der Waals surface area contributed by atoms with Crippen molar-refractivity contribution < 1.29 is 9.59 Å². The van der Waals surface area contributed by atoms with Crippen molar-refractivity contribution in [3.05, 3.63) is 53.6 Å². The number of nitrogens with one attached hydrogen (secondary N) is 1. The van der Waals surface area contributed by atoms with Gasteiger partial charge in [0.15, 0.2) is 4.34 Å². The third kappa shape index (κ3) is 5.08. The van der Waals surface area contributed by atoms with E-state index in [-0.39, 0.29) is 11.8 Å². The zero-order chi connectivity index (χ0) is 22.0. The molecule has 0 spiro atoms. The number of anilines is 1. The molecular weight excluding hydrogens is 428 g/mol. The first kappa shape index (κ1) is 21.8. The Morgan fingerprint density at radius 3 is 2.48 bits per heavy atom. The van der Waals surface area contributed by atoms with Crippen LogP contribution in [0.1, 0.15) is 34.6 Å². The number of amides is 2. The quantitative estimate of drug-likeness (QED) is 0.578. The molecule has 0 unspecified atom stereocenters. The van der Waals surface area contributed by atoms with Crippen molar-refractivity contribution >= 4 is 50.8 Å². The van der Waals surface area contributed by atoms with Gasteiger partial charge in [0.2, 0.25) is 0 Å². The molecule has 1 fully saturated rings. The van der Waals surface area contributed by atoms with E-state index >= 15 is 0 Å². The summed E-state index contributed by atoms with van der Waals surface area (Å²) in [5.74, 6) is -0.370. The Morgan fingerprint density at radius 2 is 1.77 bits per heavy atom. The van der Waals surface area contributed by atoms with Crippen molar-refractivity contribution in [2.45, 2.75) is 23.4 Å². The summed E-state index contributed by atoms with van der Waals surface area (Å²) < 4.78 is 2.05. The van der Waals surface area contributed by atoms with Crippen LogP contribution in [0.4, 0.5) is 5.69 Å². The first-order chi connectivity index (χ1) is 14.9. The summed E-state index contributed by atoms with van der Waals surface area (Å²) in [5, 5.41) is 3.43. The van der Waals surface area contributed by atoms with Crippen LogP contribution >= 0.6 is 23.1 Å². The second kappa shape index (κ2) is 9.38. The number of thiazole rings is 1. The van der Waals surface area contributed by atoms with E-state index in [0.29, 0.717) is 35.2 Å². The molecule has 1 N–H and O–H groups in total. The summed E-state index contributed by atoms with van der Waals surface area (Å²) in [6, 6.07) is 12.8. The Hall–Kier alpha value is -2.42. The van der Waals surface area contributed by atoms with Crippen molar-refractivity contribution in [2.24, 2.45) is 0 Å². The van der Waals surface area contributed by atoms with Crippen LogP contribution in [-0.2, 0) is 0 Å². The molecule has 1 aliphatic heterocycles. The van der Waals surface area contributed by atoms with E-state index in [1.165, 1.54) is 0 Å². The van der Waals surface area contributed by atoms with E-state index in [1.807, 2.05) is 30.1 Å². The molecule has 2 amide bonds. The minimum absolute atomic E-state index is 0.0906. The molecule has 31 heavy (non-hydrogen) atoms. The Morgan fingerprint density at radius 1 is 1.06 bits per heavy atom. The smallest absolute Gasteiger partial charge is 0.256 e. The average Bonchev–Trinajstić information content (AvgIpc) is 3.14. The Kier molecular flexibility index (Phi) is 6.60. The van der Waals surface area contributed by atoms with Crippen LogP contribution in [0.5, 0.6) is 0 Å². The molecule has 1 aliphatic rings. The Labute approximate surface area is 190 Å². The number of carbonyl (C=O) groups is 2. The lowest BCUT2D eigenvalue weighted by molar-refractivity contribution is 0.0660. The summed E-state index contributed by atoms with van der Waals surface area (Å²) in [4.78, 5) is 34.8. The fraction of sp³-hybridized carbons (Fsp3) is 0.348. The van der Waals surface area contributed by atoms with Gasteiger partial charge in [-0.05, 0) is 37.4 Å². The number of thioether (sulfide) groups is 1. The van der Waals surface area contributed by atoms with Crippen LogP contribution in [0.25, 0.3) is 10.2 Å². The molecule has 4 rings (SSSR count). The standard InChI is InChI=1S/C23H26N4O2S2/c1-15(2)30-23-25-19-9-8-16(14-20(19)31-23)24-21(28)17-6-4-5-7-18(17)22(29)27-12-10-26(3)11-13-27/h4-9,14-15H,10-13H2,1-3H3,(H,24,28). The van der Waals surface area contributed by atoms with Crippen molar-refractivity contribution in [3.63, 3.8) is 0 Å². The fourth-order valence-corrected chi connectivity index (χ4v) is 5.81. The van der Waals surface area contributed by atoms with E-state index in [9.17, 15) is 9.59 Å². The normalized spacial score (nSPS) is 14.9. The van der Waals surface area contributed by atoms with Crippen molar-refractivity contribution in [1.82, 2.24) is 14.8 Å². The van der Waals surface area contributed by atoms with Crippen LogP contribution in [0.2, 0.25) is 0 Å². The molecule has 2 heterocycles. The van der Waals surface area contributed by atoms with Crippen LogP contribution < -0.4 is 5.32 Å². The van der Waals surface area contributed by atoms with E-state index in [2.05, 4.69) is 29.0 Å². The minimum Gasteiger partial charge on any atom is -0.336 e. The average molecular weight is 455 g/mol. The molecule has 0 atom stereocenters. The van der Waals surface area contributed by atoms with Gasteiger partial charge in [-0.3, -0.25) is 9.59 Å². The molecule has 3 aromatic rings. The minimum atomic E-state index is -0.279. The molecule has 0 radical (unpaired) electrons. The molecule has 6 nitrogen and oxygen atoms in total. The second-order valence-electron chi connectivity index (χ2n) is 7.92. The van der Waals surface area contributed by atoms with Crippen LogP contribution in [-0.4, -0.2) is 65.1 Å². The van der Waals surface area contributed by atoms with Gasteiger partial charge >= 0.3 is 0 Å². The third-order valence-corrected chi connectivity index (χ3v) is 7.27. The van der Waals surface area contributed by atoms with Gasteiger partial charge < -0.3 is 15.1 Å². The fourth-order valence-electron chi connectivity index (χ4n) is 3.48. The van der Waals surface area contributed by atoms with Gasteiger partial charge in [-0.25, -0.2) is 4.98 Å². The van der Waals surface area contributed by atoms with Gasteiger partial charge in [0.05, 0.1) is 21.3 Å². The number of benzene rings is 2. The van der Waals surface area contributed by atoms with E-state index in [0.717, 1.165) is 27.6 Å². The number of rotatable bonds is 5. The molecule has 8 heteroatoms.